The lowest BCUT2D eigenvalue weighted by molar-refractivity contribution is 0.130. The number of hydrogen-bond acceptors (Lipinski definition) is 3. The third kappa shape index (κ3) is 4.95. The van der Waals surface area contributed by atoms with E-state index in [1.165, 1.54) is 12.8 Å². The summed E-state index contributed by atoms with van der Waals surface area (Å²) in [6.07, 6.45) is 3.09. The fourth-order valence-electron chi connectivity index (χ4n) is 2.26. The van der Waals surface area contributed by atoms with Gasteiger partial charge in [-0.05, 0) is 45.2 Å². The first-order chi connectivity index (χ1) is 6.88. The van der Waals surface area contributed by atoms with Crippen molar-refractivity contribution in [1.82, 2.24) is 4.90 Å². The van der Waals surface area contributed by atoms with Gasteiger partial charge in [-0.1, -0.05) is 6.92 Å². The summed E-state index contributed by atoms with van der Waals surface area (Å²) < 4.78 is 21.5. The predicted octanol–water partition coefficient (Wildman–Crippen LogP) is 0.785. The fraction of sp³-hybridized carbons (Fsp3) is 1.00. The Kier molecular flexibility index (Phi) is 4.55. The van der Waals surface area contributed by atoms with Crippen LogP contribution in [0, 0.1) is 5.92 Å². The maximum atomic E-state index is 10.8. The zero-order valence-electron chi connectivity index (χ0n) is 9.65. The summed E-state index contributed by atoms with van der Waals surface area (Å²) >= 11 is 0. The molecule has 4 nitrogen and oxygen atoms in total. The molecule has 1 heterocycles. The van der Waals surface area contributed by atoms with Crippen LogP contribution in [-0.2, 0) is 10.0 Å². The summed E-state index contributed by atoms with van der Waals surface area (Å²) in [6.45, 7) is 6.43. The van der Waals surface area contributed by atoms with Crippen molar-refractivity contribution in [3.05, 3.63) is 0 Å². The molecular formula is C10H22N2O2S. The second-order valence-corrected chi connectivity index (χ2v) is 6.47. The number of sulfonamides is 1. The monoisotopic (exact) mass is 234 g/mol. The zero-order valence-corrected chi connectivity index (χ0v) is 10.5. The maximum Gasteiger partial charge on any atom is 0.209 e. The fourth-order valence-corrected chi connectivity index (χ4v) is 2.79. The van der Waals surface area contributed by atoms with Crippen molar-refractivity contribution >= 4 is 10.0 Å². The molecule has 1 rings (SSSR count). The number of primary sulfonamides is 1. The third-order valence-electron chi connectivity index (χ3n) is 3.15. The molecule has 0 spiro atoms. The summed E-state index contributed by atoms with van der Waals surface area (Å²) in [7, 11) is -3.28. The molecule has 0 amide bonds. The topological polar surface area (TPSA) is 63.4 Å². The van der Waals surface area contributed by atoms with E-state index < -0.39 is 10.0 Å². The van der Waals surface area contributed by atoms with Gasteiger partial charge >= 0.3 is 0 Å². The van der Waals surface area contributed by atoms with E-state index in [2.05, 4.69) is 18.7 Å². The Morgan fingerprint density at radius 3 is 2.60 bits per heavy atom. The molecular weight excluding hydrogens is 212 g/mol. The molecule has 5 heteroatoms. The zero-order chi connectivity index (χ0) is 11.5. The van der Waals surface area contributed by atoms with E-state index in [0.717, 1.165) is 19.0 Å². The van der Waals surface area contributed by atoms with E-state index in [-0.39, 0.29) is 5.75 Å². The minimum atomic E-state index is -3.28. The Labute approximate surface area is 92.9 Å². The average molecular weight is 234 g/mol. The molecule has 0 radical (unpaired) electrons. The molecule has 1 aliphatic rings. The summed E-state index contributed by atoms with van der Waals surface area (Å²) in [6, 6.07) is 0.578. The Balaban J connectivity index is 2.27. The first-order valence-electron chi connectivity index (χ1n) is 5.63. The minimum absolute atomic E-state index is 0.103. The third-order valence-corrected chi connectivity index (χ3v) is 4.01. The van der Waals surface area contributed by atoms with Crippen LogP contribution in [0.15, 0.2) is 0 Å². The number of hydrogen-bond donors (Lipinski definition) is 1. The van der Waals surface area contributed by atoms with Gasteiger partial charge in [0.2, 0.25) is 10.0 Å². The van der Waals surface area contributed by atoms with Gasteiger partial charge in [0.25, 0.3) is 0 Å². The summed E-state index contributed by atoms with van der Waals surface area (Å²) in [5.41, 5.74) is 0. The molecule has 0 bridgehead atoms. The quantitative estimate of drug-likeness (QED) is 0.782. The van der Waals surface area contributed by atoms with Crippen molar-refractivity contribution in [1.29, 1.82) is 0 Å². The normalized spacial score (nSPS) is 29.3. The minimum Gasteiger partial charge on any atom is -0.301 e. The number of nitrogens with two attached hydrogens (primary N) is 1. The lowest BCUT2D eigenvalue weighted by Gasteiger charge is -2.36. The standard InChI is InChI=1S/C10H22N2O2S/c1-9-4-6-12(10(2)8-9)5-3-7-15(11,13)14/h9-10H,3-8H2,1-2H3,(H2,11,13,14). The van der Waals surface area contributed by atoms with Crippen LogP contribution in [0.3, 0.4) is 0 Å². The van der Waals surface area contributed by atoms with E-state index in [1.54, 1.807) is 0 Å². The van der Waals surface area contributed by atoms with Gasteiger partial charge in [0.1, 0.15) is 0 Å². The van der Waals surface area contributed by atoms with Crippen LogP contribution in [-0.4, -0.2) is 38.2 Å². The summed E-state index contributed by atoms with van der Waals surface area (Å²) in [4.78, 5) is 2.37. The van der Waals surface area contributed by atoms with Crippen LogP contribution in [0.25, 0.3) is 0 Å². The second-order valence-electron chi connectivity index (χ2n) is 4.74. The molecule has 2 atom stereocenters. The molecule has 0 aromatic rings. The van der Waals surface area contributed by atoms with Crippen LogP contribution < -0.4 is 5.14 Å². The van der Waals surface area contributed by atoms with Crippen LogP contribution in [0.4, 0.5) is 0 Å². The molecule has 1 fully saturated rings. The van der Waals surface area contributed by atoms with Gasteiger partial charge in [0.15, 0.2) is 0 Å². The lowest BCUT2D eigenvalue weighted by Crippen LogP contribution is -2.41. The molecule has 2 unspecified atom stereocenters. The highest BCUT2D eigenvalue weighted by Gasteiger charge is 2.22. The average Bonchev–Trinajstić information content (AvgIpc) is 2.07. The molecule has 0 aromatic heterocycles. The van der Waals surface area contributed by atoms with E-state index in [4.69, 9.17) is 5.14 Å². The van der Waals surface area contributed by atoms with Crippen LogP contribution in [0.1, 0.15) is 33.1 Å². The smallest absolute Gasteiger partial charge is 0.209 e. The molecule has 2 N–H and O–H groups in total. The van der Waals surface area contributed by atoms with Gasteiger partial charge in [-0.25, -0.2) is 13.6 Å². The van der Waals surface area contributed by atoms with Crippen molar-refractivity contribution in [3.63, 3.8) is 0 Å². The van der Waals surface area contributed by atoms with E-state index in [0.29, 0.717) is 12.5 Å². The molecule has 1 saturated heterocycles. The van der Waals surface area contributed by atoms with Gasteiger partial charge < -0.3 is 4.90 Å². The SMILES string of the molecule is CC1CCN(CCCS(N)(=O)=O)C(C)C1. The summed E-state index contributed by atoms with van der Waals surface area (Å²) in [5.74, 6) is 0.903. The van der Waals surface area contributed by atoms with Crippen LogP contribution in [0.2, 0.25) is 0 Å². The van der Waals surface area contributed by atoms with Crippen molar-refractivity contribution in [2.24, 2.45) is 11.1 Å². The van der Waals surface area contributed by atoms with Gasteiger partial charge in [-0.2, -0.15) is 0 Å². The highest BCUT2D eigenvalue weighted by atomic mass is 32.2. The first-order valence-corrected chi connectivity index (χ1v) is 7.34. The Morgan fingerprint density at radius 1 is 1.40 bits per heavy atom. The summed E-state index contributed by atoms with van der Waals surface area (Å²) in [5, 5.41) is 4.96. The Bertz CT molecular complexity index is 290. The second kappa shape index (κ2) is 5.27. The molecule has 0 aromatic carbocycles. The maximum absolute atomic E-state index is 10.8. The lowest BCUT2D eigenvalue weighted by atomic mass is 9.93. The van der Waals surface area contributed by atoms with Crippen molar-refractivity contribution in [2.45, 2.75) is 39.2 Å². The molecule has 15 heavy (non-hydrogen) atoms. The highest BCUT2D eigenvalue weighted by molar-refractivity contribution is 7.89. The number of piperidine rings is 1. The molecule has 0 saturated carbocycles. The van der Waals surface area contributed by atoms with Crippen molar-refractivity contribution < 1.29 is 8.42 Å². The number of nitrogens with zero attached hydrogens (tertiary/aromatic N) is 1. The Morgan fingerprint density at radius 2 is 2.07 bits per heavy atom. The number of rotatable bonds is 4. The van der Waals surface area contributed by atoms with Gasteiger partial charge in [0.05, 0.1) is 5.75 Å². The van der Waals surface area contributed by atoms with Crippen LogP contribution in [0.5, 0.6) is 0 Å². The van der Waals surface area contributed by atoms with Crippen LogP contribution >= 0.6 is 0 Å². The van der Waals surface area contributed by atoms with Crippen molar-refractivity contribution in [3.8, 4) is 0 Å². The van der Waals surface area contributed by atoms with E-state index in [9.17, 15) is 8.42 Å². The Hall–Kier alpha value is -0.130. The van der Waals surface area contributed by atoms with Crippen molar-refractivity contribution in [2.75, 3.05) is 18.8 Å². The number of likely N-dealkylation sites (tertiary alicyclic amines) is 1. The van der Waals surface area contributed by atoms with E-state index >= 15 is 0 Å². The largest absolute Gasteiger partial charge is 0.301 e. The van der Waals surface area contributed by atoms with E-state index in [1.807, 2.05) is 0 Å². The first kappa shape index (κ1) is 12.9. The molecule has 90 valence electrons. The molecule has 0 aliphatic carbocycles. The highest BCUT2D eigenvalue weighted by Crippen LogP contribution is 2.21. The van der Waals surface area contributed by atoms with Gasteiger partial charge in [0, 0.05) is 6.04 Å². The molecule has 1 aliphatic heterocycles. The predicted molar refractivity (Wildman–Crippen MR) is 62.0 cm³/mol. The van der Waals surface area contributed by atoms with Gasteiger partial charge in [-0.3, -0.25) is 0 Å². The van der Waals surface area contributed by atoms with Gasteiger partial charge in [-0.15, -0.1) is 0 Å².